The van der Waals surface area contributed by atoms with Gasteiger partial charge in [0.15, 0.2) is 0 Å². The second-order valence-corrected chi connectivity index (χ2v) is 4.59. The normalized spacial score (nSPS) is 11.9. The third-order valence-electron chi connectivity index (χ3n) is 2.76. The molecular weight excluding hydrogens is 250 g/mol. The fourth-order valence-electron chi connectivity index (χ4n) is 1.69. The maximum Gasteiger partial charge on any atom is 0.220 e. The van der Waals surface area contributed by atoms with Gasteiger partial charge in [0.1, 0.15) is 5.75 Å². The molecule has 0 radical (unpaired) electrons. The highest BCUT2D eigenvalue weighted by molar-refractivity contribution is 6.17. The second kappa shape index (κ2) is 7.98. The Morgan fingerprint density at radius 2 is 2.22 bits per heavy atom. The third-order valence-corrected chi connectivity index (χ3v) is 3.03. The van der Waals surface area contributed by atoms with Gasteiger partial charge in [-0.3, -0.25) is 4.79 Å². The number of benzene rings is 1. The summed E-state index contributed by atoms with van der Waals surface area (Å²) in [7, 11) is 1.63. The second-order valence-electron chi connectivity index (χ2n) is 4.21. The van der Waals surface area contributed by atoms with Gasteiger partial charge >= 0.3 is 0 Å². The lowest BCUT2D eigenvalue weighted by molar-refractivity contribution is -0.121. The molecule has 1 unspecified atom stereocenters. The predicted octanol–water partition coefficient (Wildman–Crippen LogP) is 3.28. The number of hydrogen-bond donors (Lipinski definition) is 1. The minimum absolute atomic E-state index is 0.0106. The van der Waals surface area contributed by atoms with Crippen molar-refractivity contribution < 1.29 is 9.53 Å². The Kier molecular flexibility index (Phi) is 6.58. The Hall–Kier alpha value is -1.22. The average Bonchev–Trinajstić information content (AvgIpc) is 2.39. The first-order valence-electron chi connectivity index (χ1n) is 6.16. The number of carbonyl (C=O) groups is 1. The third kappa shape index (κ3) is 4.96. The van der Waals surface area contributed by atoms with Gasteiger partial charge in [0.2, 0.25) is 5.91 Å². The van der Waals surface area contributed by atoms with Crippen LogP contribution in [0.1, 0.15) is 37.8 Å². The van der Waals surface area contributed by atoms with E-state index in [1.165, 1.54) is 0 Å². The van der Waals surface area contributed by atoms with Crippen LogP contribution in [0.15, 0.2) is 24.3 Å². The van der Waals surface area contributed by atoms with E-state index in [1.54, 1.807) is 7.11 Å². The molecule has 0 aliphatic heterocycles. The van der Waals surface area contributed by atoms with Crippen LogP contribution in [0.4, 0.5) is 0 Å². The summed E-state index contributed by atoms with van der Waals surface area (Å²) in [5.74, 6) is 1.48. The van der Waals surface area contributed by atoms with Crippen molar-refractivity contribution in [3.63, 3.8) is 0 Å². The molecule has 0 heterocycles. The molecule has 0 aliphatic carbocycles. The first-order chi connectivity index (χ1) is 8.67. The van der Waals surface area contributed by atoms with E-state index in [0.717, 1.165) is 24.2 Å². The molecule has 100 valence electrons. The summed E-state index contributed by atoms with van der Waals surface area (Å²) < 4.78 is 5.16. The van der Waals surface area contributed by atoms with E-state index < -0.39 is 0 Å². The van der Waals surface area contributed by atoms with Crippen molar-refractivity contribution in [1.29, 1.82) is 0 Å². The number of unbranched alkanes of at least 4 members (excludes halogenated alkanes) is 1. The van der Waals surface area contributed by atoms with Crippen LogP contribution in [0.2, 0.25) is 0 Å². The van der Waals surface area contributed by atoms with E-state index >= 15 is 0 Å². The van der Waals surface area contributed by atoms with Gasteiger partial charge in [-0.1, -0.05) is 12.1 Å². The molecule has 0 saturated heterocycles. The predicted molar refractivity (Wildman–Crippen MR) is 74.1 cm³/mol. The van der Waals surface area contributed by atoms with E-state index in [1.807, 2.05) is 31.2 Å². The van der Waals surface area contributed by atoms with Crippen molar-refractivity contribution in [2.45, 2.75) is 32.2 Å². The Balaban J connectivity index is 2.48. The number of rotatable bonds is 7. The summed E-state index contributed by atoms with van der Waals surface area (Å²) in [5.41, 5.74) is 1.04. The molecule has 1 rings (SSSR count). The fraction of sp³-hybridized carbons (Fsp3) is 0.500. The lowest BCUT2D eigenvalue weighted by Gasteiger charge is -2.15. The van der Waals surface area contributed by atoms with Crippen molar-refractivity contribution in [2.24, 2.45) is 0 Å². The summed E-state index contributed by atoms with van der Waals surface area (Å²) in [6.45, 7) is 1.97. The Morgan fingerprint density at radius 1 is 1.44 bits per heavy atom. The lowest BCUT2D eigenvalue weighted by Crippen LogP contribution is -2.26. The highest BCUT2D eigenvalue weighted by atomic mass is 35.5. The average molecular weight is 270 g/mol. The van der Waals surface area contributed by atoms with E-state index in [2.05, 4.69) is 5.32 Å². The molecule has 1 atom stereocenters. The van der Waals surface area contributed by atoms with E-state index in [0.29, 0.717) is 12.3 Å². The van der Waals surface area contributed by atoms with Gasteiger partial charge in [0, 0.05) is 12.3 Å². The van der Waals surface area contributed by atoms with Crippen LogP contribution in [0.5, 0.6) is 5.75 Å². The standard InChI is InChI=1S/C14H20ClNO2/c1-11(16-14(17)8-3-4-9-15)12-6-5-7-13(10-12)18-2/h5-7,10-11H,3-4,8-9H2,1-2H3,(H,16,17). The lowest BCUT2D eigenvalue weighted by atomic mass is 10.1. The summed E-state index contributed by atoms with van der Waals surface area (Å²) in [6, 6.07) is 7.71. The number of methoxy groups -OCH3 is 1. The number of alkyl halides is 1. The highest BCUT2D eigenvalue weighted by Gasteiger charge is 2.09. The zero-order valence-corrected chi connectivity index (χ0v) is 11.7. The highest BCUT2D eigenvalue weighted by Crippen LogP contribution is 2.18. The largest absolute Gasteiger partial charge is 0.497 e. The van der Waals surface area contributed by atoms with Gasteiger partial charge in [-0.25, -0.2) is 0 Å². The van der Waals surface area contributed by atoms with E-state index in [9.17, 15) is 4.79 Å². The first kappa shape index (κ1) is 14.8. The molecule has 18 heavy (non-hydrogen) atoms. The maximum absolute atomic E-state index is 11.7. The van der Waals surface area contributed by atoms with Gasteiger partial charge in [0.25, 0.3) is 0 Å². The zero-order chi connectivity index (χ0) is 13.4. The Bertz CT molecular complexity index is 382. The molecule has 1 aromatic rings. The van der Waals surface area contributed by atoms with Crippen LogP contribution in [-0.2, 0) is 4.79 Å². The van der Waals surface area contributed by atoms with Crippen LogP contribution >= 0.6 is 11.6 Å². The minimum Gasteiger partial charge on any atom is -0.497 e. The van der Waals surface area contributed by atoms with Gasteiger partial charge < -0.3 is 10.1 Å². The molecular formula is C14H20ClNO2. The first-order valence-corrected chi connectivity index (χ1v) is 6.70. The topological polar surface area (TPSA) is 38.3 Å². The van der Waals surface area contributed by atoms with Crippen LogP contribution < -0.4 is 10.1 Å². The molecule has 0 spiro atoms. The summed E-state index contributed by atoms with van der Waals surface area (Å²) in [5, 5.41) is 2.97. The zero-order valence-electron chi connectivity index (χ0n) is 10.9. The number of halogens is 1. The monoisotopic (exact) mass is 269 g/mol. The molecule has 4 heteroatoms. The Labute approximate surface area is 113 Å². The van der Waals surface area contributed by atoms with Crippen molar-refractivity contribution in [1.82, 2.24) is 5.32 Å². The molecule has 3 nitrogen and oxygen atoms in total. The fourth-order valence-corrected chi connectivity index (χ4v) is 1.88. The summed E-state index contributed by atoms with van der Waals surface area (Å²) in [6.07, 6.45) is 2.24. The molecule has 0 bridgehead atoms. The van der Waals surface area contributed by atoms with Crippen molar-refractivity contribution in [2.75, 3.05) is 13.0 Å². The molecule has 0 fully saturated rings. The van der Waals surface area contributed by atoms with Crippen molar-refractivity contribution >= 4 is 17.5 Å². The van der Waals surface area contributed by atoms with Crippen LogP contribution in [0, 0.1) is 0 Å². The Morgan fingerprint density at radius 3 is 2.89 bits per heavy atom. The number of hydrogen-bond acceptors (Lipinski definition) is 2. The van der Waals surface area contributed by atoms with Crippen molar-refractivity contribution in [3.05, 3.63) is 29.8 Å². The van der Waals surface area contributed by atoms with Crippen LogP contribution in [-0.4, -0.2) is 18.9 Å². The van der Waals surface area contributed by atoms with E-state index in [-0.39, 0.29) is 11.9 Å². The quantitative estimate of drug-likeness (QED) is 0.609. The van der Waals surface area contributed by atoms with Crippen molar-refractivity contribution in [3.8, 4) is 5.75 Å². The smallest absolute Gasteiger partial charge is 0.220 e. The van der Waals surface area contributed by atoms with Gasteiger partial charge in [-0.05, 0) is 37.5 Å². The van der Waals surface area contributed by atoms with Gasteiger partial charge in [-0.2, -0.15) is 0 Å². The molecule has 1 amide bonds. The summed E-state index contributed by atoms with van der Waals surface area (Å²) >= 11 is 5.57. The van der Waals surface area contributed by atoms with Crippen LogP contribution in [0.3, 0.4) is 0 Å². The minimum atomic E-state index is -0.0106. The molecule has 0 aliphatic rings. The SMILES string of the molecule is COc1cccc(C(C)NC(=O)CCCCCl)c1. The summed E-state index contributed by atoms with van der Waals surface area (Å²) in [4.78, 5) is 11.7. The van der Waals surface area contributed by atoms with Gasteiger partial charge in [-0.15, -0.1) is 11.6 Å². The van der Waals surface area contributed by atoms with Gasteiger partial charge in [0.05, 0.1) is 13.2 Å². The number of amides is 1. The number of nitrogens with one attached hydrogen (secondary N) is 1. The molecule has 1 aromatic carbocycles. The van der Waals surface area contributed by atoms with E-state index in [4.69, 9.17) is 16.3 Å². The maximum atomic E-state index is 11.7. The molecule has 0 saturated carbocycles. The molecule has 0 aromatic heterocycles. The molecule has 1 N–H and O–H groups in total. The number of ether oxygens (including phenoxy) is 1. The number of carbonyl (C=O) groups excluding carboxylic acids is 1. The van der Waals surface area contributed by atoms with Crippen LogP contribution in [0.25, 0.3) is 0 Å².